The number of alkyl halides is 6. The van der Waals surface area contributed by atoms with E-state index in [1.165, 1.54) is 7.05 Å². The molecule has 0 aliphatic carbocycles. The molecule has 220 valence electrons. The van der Waals surface area contributed by atoms with Crippen molar-refractivity contribution in [3.63, 3.8) is 0 Å². The number of halogens is 6. The van der Waals surface area contributed by atoms with E-state index in [4.69, 9.17) is 0 Å². The standard InChI is InChI=1S/C30H27F6N5O/c1-39-10-12-41(13-11-39)28-37-17-25(24-9-5-7-20-6-3-4-8-23(20)24)26(38-28)27(42)40(2)18-19-14-21(29(31,32)33)16-22(15-19)30(34,35)36/h3-9,14-17H,10-13,18H2,1-2H3. The fourth-order valence-electron chi connectivity index (χ4n) is 4.99. The van der Waals surface area contributed by atoms with Crippen molar-refractivity contribution in [2.75, 3.05) is 45.2 Å². The van der Waals surface area contributed by atoms with Crippen molar-refractivity contribution in [1.29, 1.82) is 0 Å². The Balaban J connectivity index is 1.56. The number of anilines is 1. The maximum absolute atomic E-state index is 13.9. The molecule has 0 atom stereocenters. The van der Waals surface area contributed by atoms with Crippen LogP contribution in [0.25, 0.3) is 21.9 Å². The lowest BCUT2D eigenvalue weighted by Crippen LogP contribution is -2.45. The van der Waals surface area contributed by atoms with Crippen LogP contribution in [0.1, 0.15) is 27.2 Å². The van der Waals surface area contributed by atoms with Gasteiger partial charge in [0.15, 0.2) is 0 Å². The van der Waals surface area contributed by atoms with Crippen LogP contribution in [0.4, 0.5) is 32.3 Å². The van der Waals surface area contributed by atoms with Crippen LogP contribution in [-0.2, 0) is 18.9 Å². The van der Waals surface area contributed by atoms with E-state index in [2.05, 4.69) is 14.9 Å². The number of nitrogens with zero attached hydrogens (tertiary/aromatic N) is 5. The number of amides is 1. The quantitative estimate of drug-likeness (QED) is 0.255. The lowest BCUT2D eigenvalue weighted by Gasteiger charge is -2.32. The smallest absolute Gasteiger partial charge is 0.338 e. The van der Waals surface area contributed by atoms with Crippen LogP contribution in [0.3, 0.4) is 0 Å². The molecule has 1 saturated heterocycles. The van der Waals surface area contributed by atoms with Crippen LogP contribution in [-0.4, -0.2) is 65.9 Å². The Morgan fingerprint density at radius 1 is 0.857 bits per heavy atom. The molecule has 2 heterocycles. The summed E-state index contributed by atoms with van der Waals surface area (Å²) in [5.41, 5.74) is -2.11. The van der Waals surface area contributed by atoms with Gasteiger partial charge in [0, 0.05) is 51.5 Å². The van der Waals surface area contributed by atoms with E-state index in [0.29, 0.717) is 42.3 Å². The zero-order valence-electron chi connectivity index (χ0n) is 22.8. The summed E-state index contributed by atoms with van der Waals surface area (Å²) in [6.07, 6.45) is -8.44. The predicted octanol–water partition coefficient (Wildman–Crippen LogP) is 6.36. The summed E-state index contributed by atoms with van der Waals surface area (Å²) >= 11 is 0. The molecule has 0 N–H and O–H groups in total. The molecular weight excluding hydrogens is 560 g/mol. The second kappa shape index (κ2) is 11.2. The summed E-state index contributed by atoms with van der Waals surface area (Å²) < 4.78 is 80.6. The van der Waals surface area contributed by atoms with Crippen molar-refractivity contribution in [2.24, 2.45) is 0 Å². The third kappa shape index (κ3) is 6.18. The van der Waals surface area contributed by atoms with Crippen LogP contribution < -0.4 is 4.90 Å². The first-order chi connectivity index (χ1) is 19.8. The molecule has 42 heavy (non-hydrogen) atoms. The van der Waals surface area contributed by atoms with Gasteiger partial charge in [0.05, 0.1) is 11.1 Å². The topological polar surface area (TPSA) is 52.6 Å². The number of rotatable bonds is 5. The van der Waals surface area contributed by atoms with Gasteiger partial charge in [0.25, 0.3) is 5.91 Å². The second-order valence-electron chi connectivity index (χ2n) is 10.3. The number of piperazine rings is 1. The van der Waals surface area contributed by atoms with Crippen LogP contribution in [0.2, 0.25) is 0 Å². The fourth-order valence-corrected chi connectivity index (χ4v) is 4.99. The van der Waals surface area contributed by atoms with Crippen LogP contribution >= 0.6 is 0 Å². The number of carbonyl (C=O) groups excluding carboxylic acids is 1. The number of hydrogen-bond donors (Lipinski definition) is 0. The van der Waals surface area contributed by atoms with Gasteiger partial charge >= 0.3 is 12.4 Å². The van der Waals surface area contributed by atoms with Gasteiger partial charge in [0.1, 0.15) is 5.69 Å². The Hall–Kier alpha value is -4.19. The SMILES string of the molecule is CN1CCN(c2ncc(-c3cccc4ccccc34)c(C(=O)N(C)Cc3cc(C(F)(F)F)cc(C(F)(F)F)c3)n2)CC1. The minimum absolute atomic E-state index is 0.000743. The van der Waals surface area contributed by atoms with Gasteiger partial charge in [-0.3, -0.25) is 4.79 Å². The van der Waals surface area contributed by atoms with E-state index in [1.54, 1.807) is 6.20 Å². The van der Waals surface area contributed by atoms with Crippen molar-refractivity contribution in [2.45, 2.75) is 18.9 Å². The zero-order chi connectivity index (χ0) is 30.2. The Kier molecular flexibility index (Phi) is 7.84. The zero-order valence-corrected chi connectivity index (χ0v) is 22.8. The molecule has 6 nitrogen and oxygen atoms in total. The van der Waals surface area contributed by atoms with Gasteiger partial charge in [-0.25, -0.2) is 9.97 Å². The van der Waals surface area contributed by atoms with E-state index in [0.717, 1.165) is 28.8 Å². The van der Waals surface area contributed by atoms with Crippen molar-refractivity contribution < 1.29 is 31.1 Å². The highest BCUT2D eigenvalue weighted by Gasteiger charge is 2.37. The lowest BCUT2D eigenvalue weighted by atomic mass is 9.97. The molecule has 3 aromatic carbocycles. The highest BCUT2D eigenvalue weighted by Crippen LogP contribution is 2.37. The summed E-state index contributed by atoms with van der Waals surface area (Å²) in [7, 11) is 3.31. The molecule has 1 fully saturated rings. The van der Waals surface area contributed by atoms with Crippen LogP contribution in [0, 0.1) is 0 Å². The molecule has 1 amide bonds. The van der Waals surface area contributed by atoms with E-state index in [-0.39, 0.29) is 17.3 Å². The molecule has 4 aromatic rings. The van der Waals surface area contributed by atoms with Crippen molar-refractivity contribution in [3.8, 4) is 11.1 Å². The number of fused-ring (bicyclic) bond motifs is 1. The molecule has 0 unspecified atom stereocenters. The average Bonchev–Trinajstić information content (AvgIpc) is 2.95. The summed E-state index contributed by atoms with van der Waals surface area (Å²) in [6, 6.07) is 14.4. The molecule has 12 heteroatoms. The highest BCUT2D eigenvalue weighted by molar-refractivity contribution is 6.04. The first-order valence-corrected chi connectivity index (χ1v) is 13.1. The third-order valence-electron chi connectivity index (χ3n) is 7.26. The molecule has 0 radical (unpaired) electrons. The van der Waals surface area contributed by atoms with Crippen molar-refractivity contribution >= 4 is 22.6 Å². The third-order valence-corrected chi connectivity index (χ3v) is 7.26. The number of hydrogen-bond acceptors (Lipinski definition) is 5. The number of likely N-dealkylation sites (N-methyl/N-ethyl adjacent to an activating group) is 1. The Morgan fingerprint density at radius 2 is 1.48 bits per heavy atom. The molecule has 1 aliphatic rings. The summed E-state index contributed by atoms with van der Waals surface area (Å²) in [6.45, 7) is 2.26. The minimum Gasteiger partial charge on any atom is -0.338 e. The molecule has 5 rings (SSSR count). The molecular formula is C30H27F6N5O. The van der Waals surface area contributed by atoms with E-state index >= 15 is 0 Å². The summed E-state index contributed by atoms with van der Waals surface area (Å²) in [4.78, 5) is 28.2. The maximum Gasteiger partial charge on any atom is 0.416 e. The molecule has 0 saturated carbocycles. The van der Waals surface area contributed by atoms with Gasteiger partial charge in [0.2, 0.25) is 5.95 Å². The lowest BCUT2D eigenvalue weighted by molar-refractivity contribution is -0.143. The molecule has 1 aliphatic heterocycles. The molecule has 1 aromatic heterocycles. The monoisotopic (exact) mass is 587 g/mol. The van der Waals surface area contributed by atoms with Crippen LogP contribution in [0.15, 0.2) is 66.9 Å². The van der Waals surface area contributed by atoms with Gasteiger partial charge in [-0.05, 0) is 47.1 Å². The van der Waals surface area contributed by atoms with Crippen LogP contribution in [0.5, 0.6) is 0 Å². The normalized spacial score (nSPS) is 14.8. The second-order valence-corrected chi connectivity index (χ2v) is 10.3. The Labute approximate surface area is 238 Å². The predicted molar refractivity (Wildman–Crippen MR) is 147 cm³/mol. The largest absolute Gasteiger partial charge is 0.416 e. The fraction of sp³-hybridized carbons (Fsp3) is 0.300. The molecule has 0 bridgehead atoms. The van der Waals surface area contributed by atoms with Gasteiger partial charge in [-0.1, -0.05) is 42.5 Å². The Morgan fingerprint density at radius 3 is 2.12 bits per heavy atom. The van der Waals surface area contributed by atoms with Crippen molar-refractivity contribution in [3.05, 3.63) is 89.2 Å². The minimum atomic E-state index is -5.00. The van der Waals surface area contributed by atoms with Gasteiger partial charge in [-0.2, -0.15) is 26.3 Å². The average molecular weight is 588 g/mol. The van der Waals surface area contributed by atoms with Crippen molar-refractivity contribution in [1.82, 2.24) is 19.8 Å². The molecule has 0 spiro atoms. The van der Waals surface area contributed by atoms with Gasteiger partial charge < -0.3 is 14.7 Å². The maximum atomic E-state index is 13.9. The Bertz CT molecular complexity index is 1570. The number of aromatic nitrogens is 2. The first-order valence-electron chi connectivity index (χ1n) is 13.1. The van der Waals surface area contributed by atoms with E-state index in [9.17, 15) is 31.1 Å². The van der Waals surface area contributed by atoms with Gasteiger partial charge in [-0.15, -0.1) is 0 Å². The number of benzene rings is 3. The summed E-state index contributed by atoms with van der Waals surface area (Å²) in [5, 5.41) is 1.74. The summed E-state index contributed by atoms with van der Waals surface area (Å²) in [5.74, 6) is -0.344. The highest BCUT2D eigenvalue weighted by atomic mass is 19.4. The first kappa shape index (κ1) is 29.3. The number of carbonyl (C=O) groups is 1. The van der Waals surface area contributed by atoms with E-state index < -0.39 is 35.9 Å². The van der Waals surface area contributed by atoms with E-state index in [1.807, 2.05) is 54.4 Å².